The van der Waals surface area contributed by atoms with Gasteiger partial charge in [0, 0.05) is 29.8 Å². The summed E-state index contributed by atoms with van der Waals surface area (Å²) in [6, 6.07) is 18.8. The van der Waals surface area contributed by atoms with Crippen molar-refractivity contribution in [2.45, 2.75) is 19.8 Å². The van der Waals surface area contributed by atoms with Crippen LogP contribution in [0.15, 0.2) is 71.5 Å². The van der Waals surface area contributed by atoms with Crippen LogP contribution in [-0.2, 0) is 14.8 Å². The quantitative estimate of drug-likeness (QED) is 0.521. The Morgan fingerprint density at radius 3 is 2.28 bits per heavy atom. The molecule has 32 heavy (non-hydrogen) atoms. The van der Waals surface area contributed by atoms with Crippen LogP contribution in [0.3, 0.4) is 0 Å². The minimum absolute atomic E-state index is 0.0394. The Hall–Kier alpha value is -2.81. The highest BCUT2D eigenvalue weighted by molar-refractivity contribution is 7.92. The van der Waals surface area contributed by atoms with E-state index in [1.807, 2.05) is 73.0 Å². The van der Waals surface area contributed by atoms with Crippen molar-refractivity contribution in [1.82, 2.24) is 9.29 Å². The van der Waals surface area contributed by atoms with Crippen molar-refractivity contribution in [3.8, 4) is 0 Å². The van der Waals surface area contributed by atoms with Crippen molar-refractivity contribution in [2.75, 3.05) is 18.0 Å². The highest BCUT2D eigenvalue weighted by Crippen LogP contribution is 2.32. The van der Waals surface area contributed by atoms with Crippen LogP contribution in [0.2, 0.25) is 0 Å². The molecule has 1 fully saturated rings. The maximum absolute atomic E-state index is 13.5. The Morgan fingerprint density at radius 2 is 1.69 bits per heavy atom. The SMILES string of the molecule is Cc1csc(N(C(=O)C2CCN(S(=O)(=O)/C=C/c3ccccc3)CC2)c2ccccc2)n1. The van der Waals surface area contributed by atoms with E-state index in [4.69, 9.17) is 0 Å². The van der Waals surface area contributed by atoms with E-state index in [0.717, 1.165) is 16.9 Å². The number of carbonyl (C=O) groups is 1. The van der Waals surface area contributed by atoms with Gasteiger partial charge < -0.3 is 0 Å². The number of rotatable bonds is 6. The number of anilines is 2. The van der Waals surface area contributed by atoms with Gasteiger partial charge in [0.05, 0.1) is 11.4 Å². The van der Waals surface area contributed by atoms with Crippen LogP contribution in [0, 0.1) is 12.8 Å². The monoisotopic (exact) mass is 467 g/mol. The number of para-hydroxylation sites is 1. The third kappa shape index (κ3) is 5.15. The molecule has 1 amide bonds. The lowest BCUT2D eigenvalue weighted by Crippen LogP contribution is -2.42. The first-order chi connectivity index (χ1) is 15.4. The zero-order valence-electron chi connectivity index (χ0n) is 17.8. The number of nitrogens with zero attached hydrogens (tertiary/aromatic N) is 3. The molecule has 2 aromatic carbocycles. The molecule has 6 nitrogen and oxygen atoms in total. The van der Waals surface area contributed by atoms with Crippen LogP contribution in [-0.4, -0.2) is 36.7 Å². The summed E-state index contributed by atoms with van der Waals surface area (Å²) in [4.78, 5) is 19.7. The molecule has 8 heteroatoms. The van der Waals surface area contributed by atoms with Gasteiger partial charge in [0.15, 0.2) is 5.13 Å². The molecule has 0 saturated carbocycles. The summed E-state index contributed by atoms with van der Waals surface area (Å²) < 4.78 is 27.0. The lowest BCUT2D eigenvalue weighted by atomic mass is 9.96. The van der Waals surface area contributed by atoms with Gasteiger partial charge in [0.1, 0.15) is 0 Å². The van der Waals surface area contributed by atoms with E-state index >= 15 is 0 Å². The number of hydrogen-bond donors (Lipinski definition) is 0. The Kier molecular flexibility index (Phi) is 6.83. The fourth-order valence-electron chi connectivity index (χ4n) is 3.71. The van der Waals surface area contributed by atoms with Gasteiger partial charge in [0.2, 0.25) is 15.9 Å². The molecule has 2 heterocycles. The molecule has 1 saturated heterocycles. The summed E-state index contributed by atoms with van der Waals surface area (Å²) in [6.45, 7) is 2.54. The largest absolute Gasteiger partial charge is 0.274 e. The molecule has 1 aromatic heterocycles. The van der Waals surface area contributed by atoms with Gasteiger partial charge in [0.25, 0.3) is 0 Å². The first-order valence-corrected chi connectivity index (χ1v) is 12.9. The third-order valence-corrected chi connectivity index (χ3v) is 7.94. The lowest BCUT2D eigenvalue weighted by molar-refractivity contribution is -0.122. The first kappa shape index (κ1) is 22.4. The Balaban J connectivity index is 1.46. The number of hydrogen-bond acceptors (Lipinski definition) is 5. The molecular weight excluding hydrogens is 442 g/mol. The van der Waals surface area contributed by atoms with E-state index in [1.54, 1.807) is 11.0 Å². The van der Waals surface area contributed by atoms with Gasteiger partial charge in [-0.05, 0) is 43.5 Å². The van der Waals surface area contributed by atoms with Crippen LogP contribution in [0.4, 0.5) is 10.8 Å². The minimum Gasteiger partial charge on any atom is -0.274 e. The Labute approximate surface area is 192 Å². The van der Waals surface area contributed by atoms with Crippen LogP contribution < -0.4 is 4.90 Å². The average Bonchev–Trinajstić information content (AvgIpc) is 3.25. The van der Waals surface area contributed by atoms with Crippen molar-refractivity contribution in [3.05, 3.63) is 82.7 Å². The number of piperidine rings is 1. The van der Waals surface area contributed by atoms with Crippen molar-refractivity contribution in [1.29, 1.82) is 0 Å². The highest BCUT2D eigenvalue weighted by Gasteiger charge is 2.34. The highest BCUT2D eigenvalue weighted by atomic mass is 32.2. The smallest absolute Gasteiger partial charge is 0.236 e. The Morgan fingerprint density at radius 1 is 1.06 bits per heavy atom. The maximum Gasteiger partial charge on any atom is 0.236 e. The van der Waals surface area contributed by atoms with Crippen molar-refractivity contribution in [3.63, 3.8) is 0 Å². The molecule has 0 spiro atoms. The summed E-state index contributed by atoms with van der Waals surface area (Å²) >= 11 is 1.43. The predicted octanol–water partition coefficient (Wildman–Crippen LogP) is 4.83. The van der Waals surface area contributed by atoms with E-state index in [1.165, 1.54) is 21.1 Å². The molecule has 0 aliphatic carbocycles. The van der Waals surface area contributed by atoms with Crippen LogP contribution >= 0.6 is 11.3 Å². The average molecular weight is 468 g/mol. The van der Waals surface area contributed by atoms with E-state index in [-0.39, 0.29) is 11.8 Å². The molecule has 0 bridgehead atoms. The molecule has 0 radical (unpaired) electrons. The van der Waals surface area contributed by atoms with Crippen molar-refractivity contribution in [2.24, 2.45) is 5.92 Å². The standard InChI is InChI=1S/C24H25N3O3S2/c1-19-18-31-24(25-19)27(22-10-6-3-7-11-22)23(28)21-12-15-26(16-13-21)32(29,30)17-14-20-8-4-2-5-9-20/h2-11,14,17-18,21H,12-13,15-16H2,1H3/b17-14+. The maximum atomic E-state index is 13.5. The summed E-state index contributed by atoms with van der Waals surface area (Å²) in [7, 11) is -3.53. The number of amides is 1. The van der Waals surface area contributed by atoms with Crippen LogP contribution in [0.1, 0.15) is 24.1 Å². The normalized spacial score (nSPS) is 15.8. The van der Waals surface area contributed by atoms with Gasteiger partial charge in [-0.3, -0.25) is 9.69 Å². The lowest BCUT2D eigenvalue weighted by Gasteiger charge is -2.32. The van der Waals surface area contributed by atoms with Crippen molar-refractivity contribution < 1.29 is 13.2 Å². The van der Waals surface area contributed by atoms with Crippen LogP contribution in [0.5, 0.6) is 0 Å². The number of aryl methyl sites for hydroxylation is 1. The van der Waals surface area contributed by atoms with E-state index in [9.17, 15) is 13.2 Å². The Bertz CT molecular complexity index is 1180. The second kappa shape index (κ2) is 9.77. The minimum atomic E-state index is -3.53. The van der Waals surface area contributed by atoms with Gasteiger partial charge >= 0.3 is 0 Å². The van der Waals surface area contributed by atoms with Crippen LogP contribution in [0.25, 0.3) is 6.08 Å². The molecular formula is C24H25N3O3S2. The van der Waals surface area contributed by atoms with Gasteiger partial charge in [-0.1, -0.05) is 48.5 Å². The summed E-state index contributed by atoms with van der Waals surface area (Å²) in [5.41, 5.74) is 2.47. The zero-order valence-corrected chi connectivity index (χ0v) is 19.4. The molecule has 4 rings (SSSR count). The molecule has 1 aliphatic rings. The summed E-state index contributed by atoms with van der Waals surface area (Å²) in [6.07, 6.45) is 2.56. The second-order valence-electron chi connectivity index (χ2n) is 7.71. The summed E-state index contributed by atoms with van der Waals surface area (Å²) in [5.74, 6) is -0.300. The topological polar surface area (TPSA) is 70.6 Å². The van der Waals surface area contributed by atoms with Gasteiger partial charge in [-0.25, -0.2) is 13.4 Å². The van der Waals surface area contributed by atoms with Gasteiger partial charge in [-0.2, -0.15) is 4.31 Å². The molecule has 3 aromatic rings. The molecule has 0 unspecified atom stereocenters. The van der Waals surface area contributed by atoms with E-state index in [2.05, 4.69) is 4.98 Å². The van der Waals surface area contributed by atoms with E-state index in [0.29, 0.717) is 31.1 Å². The molecule has 1 aliphatic heterocycles. The van der Waals surface area contributed by atoms with Crippen molar-refractivity contribution >= 4 is 44.2 Å². The number of carbonyl (C=O) groups excluding carboxylic acids is 1. The predicted molar refractivity (Wildman–Crippen MR) is 129 cm³/mol. The number of aromatic nitrogens is 1. The fraction of sp³-hybridized carbons (Fsp3) is 0.250. The molecule has 0 N–H and O–H groups in total. The fourth-order valence-corrected chi connectivity index (χ4v) is 5.76. The number of sulfonamides is 1. The van der Waals surface area contributed by atoms with E-state index < -0.39 is 10.0 Å². The molecule has 0 atom stereocenters. The first-order valence-electron chi connectivity index (χ1n) is 10.5. The van der Waals surface area contributed by atoms with Gasteiger partial charge in [-0.15, -0.1) is 11.3 Å². The zero-order chi connectivity index (χ0) is 22.6. The third-order valence-electron chi connectivity index (χ3n) is 5.43. The molecule has 166 valence electrons. The summed E-state index contributed by atoms with van der Waals surface area (Å²) in [5, 5.41) is 3.81. The second-order valence-corrected chi connectivity index (χ2v) is 10.4. The number of thiazole rings is 1. The number of benzene rings is 2.